The third-order valence-corrected chi connectivity index (χ3v) is 4.31. The Morgan fingerprint density at radius 3 is 2.68 bits per heavy atom. The molecule has 0 aliphatic carbocycles. The van der Waals surface area contributed by atoms with E-state index in [9.17, 15) is 8.42 Å². The molecule has 0 spiro atoms. The van der Waals surface area contributed by atoms with E-state index in [1.54, 1.807) is 19.1 Å². The molecule has 1 aromatic carbocycles. The number of hydrogen-bond acceptors (Lipinski definition) is 4. The van der Waals surface area contributed by atoms with E-state index >= 15 is 0 Å². The van der Waals surface area contributed by atoms with Crippen molar-refractivity contribution in [2.24, 2.45) is 0 Å². The molecule has 0 aliphatic rings. The molecular formula is C12H12ClN3O2S. The first-order valence-corrected chi connectivity index (χ1v) is 7.26. The normalized spacial score (nSPS) is 11.3. The van der Waals surface area contributed by atoms with Crippen molar-refractivity contribution in [1.29, 1.82) is 0 Å². The molecule has 1 heterocycles. The molecule has 0 unspecified atom stereocenters. The highest BCUT2D eigenvalue weighted by atomic mass is 35.5. The predicted molar refractivity (Wildman–Crippen MR) is 75.6 cm³/mol. The lowest BCUT2D eigenvalue weighted by Crippen LogP contribution is -2.15. The van der Waals surface area contributed by atoms with Crippen LogP contribution < -0.4 is 10.5 Å². The summed E-state index contributed by atoms with van der Waals surface area (Å²) in [6, 6.07) is 7.71. The van der Waals surface area contributed by atoms with Crippen LogP contribution in [0.4, 0.5) is 11.5 Å². The van der Waals surface area contributed by atoms with Gasteiger partial charge in [0.25, 0.3) is 10.0 Å². The van der Waals surface area contributed by atoms with Gasteiger partial charge >= 0.3 is 0 Å². The molecule has 100 valence electrons. The average Bonchev–Trinajstić information content (AvgIpc) is 2.31. The quantitative estimate of drug-likeness (QED) is 0.852. The molecule has 19 heavy (non-hydrogen) atoms. The number of pyridine rings is 1. The second-order valence-electron chi connectivity index (χ2n) is 3.96. The van der Waals surface area contributed by atoms with Gasteiger partial charge in [0.05, 0.1) is 5.02 Å². The summed E-state index contributed by atoms with van der Waals surface area (Å²) in [6.07, 6.45) is 1.51. The Hall–Kier alpha value is -1.79. The standard InChI is InChI=1S/C12H12ClN3O2S/c1-8-3-2-6-15-12(8)16-19(17,18)11-5-4-9(14)7-10(11)13/h2-7H,14H2,1H3,(H,15,16). The number of benzene rings is 1. The minimum Gasteiger partial charge on any atom is -0.399 e. The molecule has 5 nitrogen and oxygen atoms in total. The van der Waals surface area contributed by atoms with Crippen molar-refractivity contribution in [2.75, 3.05) is 10.5 Å². The predicted octanol–water partition coefficient (Wildman–Crippen LogP) is 2.43. The number of aryl methyl sites for hydroxylation is 1. The van der Waals surface area contributed by atoms with Crippen molar-refractivity contribution in [2.45, 2.75) is 11.8 Å². The number of nitrogens with two attached hydrogens (primary N) is 1. The first-order valence-electron chi connectivity index (χ1n) is 5.39. The summed E-state index contributed by atoms with van der Waals surface area (Å²) in [7, 11) is -3.78. The zero-order valence-corrected chi connectivity index (χ0v) is 11.7. The van der Waals surface area contributed by atoms with Crippen molar-refractivity contribution in [1.82, 2.24) is 4.98 Å². The minimum absolute atomic E-state index is 0.0339. The Kier molecular flexibility index (Phi) is 3.64. The summed E-state index contributed by atoms with van der Waals surface area (Å²) in [6.45, 7) is 1.76. The number of halogens is 1. The van der Waals surface area contributed by atoms with E-state index in [4.69, 9.17) is 17.3 Å². The maximum absolute atomic E-state index is 12.2. The molecule has 1 aromatic heterocycles. The molecule has 0 fully saturated rings. The number of anilines is 2. The number of sulfonamides is 1. The summed E-state index contributed by atoms with van der Waals surface area (Å²) in [5.74, 6) is 0.274. The van der Waals surface area contributed by atoms with Crippen molar-refractivity contribution in [3.8, 4) is 0 Å². The van der Waals surface area contributed by atoms with E-state index in [2.05, 4.69) is 9.71 Å². The molecule has 0 radical (unpaired) electrons. The molecule has 0 bridgehead atoms. The van der Waals surface area contributed by atoms with Crippen LogP contribution >= 0.6 is 11.6 Å². The molecule has 2 aromatic rings. The molecule has 0 saturated heterocycles. The van der Waals surface area contributed by atoms with Crippen LogP contribution in [-0.4, -0.2) is 13.4 Å². The van der Waals surface area contributed by atoms with Gasteiger partial charge in [-0.3, -0.25) is 4.72 Å². The second kappa shape index (κ2) is 5.07. The molecule has 0 amide bonds. The summed E-state index contributed by atoms with van der Waals surface area (Å²) < 4.78 is 26.8. The smallest absolute Gasteiger partial charge is 0.264 e. The molecular weight excluding hydrogens is 286 g/mol. The van der Waals surface area contributed by atoms with Gasteiger partial charge in [-0.15, -0.1) is 0 Å². The van der Waals surface area contributed by atoms with Crippen LogP contribution in [0.1, 0.15) is 5.56 Å². The van der Waals surface area contributed by atoms with Gasteiger partial charge in [-0.1, -0.05) is 17.7 Å². The van der Waals surface area contributed by atoms with Gasteiger partial charge in [0.15, 0.2) is 0 Å². The Labute approximate surface area is 116 Å². The monoisotopic (exact) mass is 297 g/mol. The highest BCUT2D eigenvalue weighted by Gasteiger charge is 2.19. The molecule has 3 N–H and O–H groups in total. The number of nitrogens with one attached hydrogen (secondary N) is 1. The maximum atomic E-state index is 12.2. The van der Waals surface area contributed by atoms with Gasteiger partial charge in [0, 0.05) is 11.9 Å². The van der Waals surface area contributed by atoms with E-state index < -0.39 is 10.0 Å². The lowest BCUT2D eigenvalue weighted by Gasteiger charge is -2.10. The lowest BCUT2D eigenvalue weighted by atomic mass is 10.3. The third-order valence-electron chi connectivity index (χ3n) is 2.49. The van der Waals surface area contributed by atoms with E-state index in [-0.39, 0.29) is 15.7 Å². The Balaban J connectivity index is 2.41. The van der Waals surface area contributed by atoms with Crippen molar-refractivity contribution in [3.63, 3.8) is 0 Å². The van der Waals surface area contributed by atoms with Crippen LogP contribution in [0.5, 0.6) is 0 Å². The average molecular weight is 298 g/mol. The maximum Gasteiger partial charge on any atom is 0.264 e. The molecule has 0 aliphatic heterocycles. The minimum atomic E-state index is -3.78. The third kappa shape index (κ3) is 2.97. The van der Waals surface area contributed by atoms with Crippen LogP contribution in [-0.2, 0) is 10.0 Å². The van der Waals surface area contributed by atoms with Gasteiger partial charge in [-0.25, -0.2) is 13.4 Å². The molecule has 2 rings (SSSR count). The van der Waals surface area contributed by atoms with Crippen molar-refractivity contribution >= 4 is 33.1 Å². The van der Waals surface area contributed by atoms with E-state index in [0.29, 0.717) is 5.69 Å². The lowest BCUT2D eigenvalue weighted by molar-refractivity contribution is 0.601. The van der Waals surface area contributed by atoms with Gasteiger partial charge in [-0.2, -0.15) is 0 Å². The van der Waals surface area contributed by atoms with Gasteiger partial charge in [0.1, 0.15) is 10.7 Å². The largest absolute Gasteiger partial charge is 0.399 e. The summed E-state index contributed by atoms with van der Waals surface area (Å²) in [5, 5.41) is 0.0704. The van der Waals surface area contributed by atoms with E-state index in [1.807, 2.05) is 0 Å². The number of rotatable bonds is 3. The fourth-order valence-electron chi connectivity index (χ4n) is 1.51. The second-order valence-corrected chi connectivity index (χ2v) is 6.02. The Morgan fingerprint density at radius 1 is 1.32 bits per heavy atom. The van der Waals surface area contributed by atoms with Crippen LogP contribution in [0.3, 0.4) is 0 Å². The SMILES string of the molecule is Cc1cccnc1NS(=O)(=O)c1ccc(N)cc1Cl. The number of aromatic nitrogens is 1. The molecule has 0 atom stereocenters. The number of hydrogen-bond donors (Lipinski definition) is 2. The van der Waals surface area contributed by atoms with E-state index in [1.165, 1.54) is 24.4 Å². The van der Waals surface area contributed by atoms with Crippen LogP contribution in [0.25, 0.3) is 0 Å². The van der Waals surface area contributed by atoms with Crippen LogP contribution in [0.15, 0.2) is 41.4 Å². The van der Waals surface area contributed by atoms with Gasteiger partial charge in [-0.05, 0) is 36.8 Å². The first kappa shape index (κ1) is 13.6. The van der Waals surface area contributed by atoms with Crippen molar-refractivity contribution < 1.29 is 8.42 Å². The van der Waals surface area contributed by atoms with Crippen LogP contribution in [0.2, 0.25) is 5.02 Å². The highest BCUT2D eigenvalue weighted by molar-refractivity contribution is 7.92. The van der Waals surface area contributed by atoms with Crippen LogP contribution in [0, 0.1) is 6.92 Å². The summed E-state index contributed by atoms with van der Waals surface area (Å²) in [5.41, 5.74) is 6.66. The molecule has 0 saturated carbocycles. The topological polar surface area (TPSA) is 85.1 Å². The fourth-order valence-corrected chi connectivity index (χ4v) is 3.14. The highest BCUT2D eigenvalue weighted by Crippen LogP contribution is 2.25. The molecule has 7 heteroatoms. The Morgan fingerprint density at radius 2 is 2.05 bits per heavy atom. The Bertz CT molecular complexity index is 717. The number of nitrogen functional groups attached to an aromatic ring is 1. The van der Waals surface area contributed by atoms with Gasteiger partial charge < -0.3 is 5.73 Å². The van der Waals surface area contributed by atoms with Gasteiger partial charge in [0.2, 0.25) is 0 Å². The number of nitrogens with zero attached hydrogens (tertiary/aromatic N) is 1. The van der Waals surface area contributed by atoms with Crippen molar-refractivity contribution in [3.05, 3.63) is 47.1 Å². The zero-order chi connectivity index (χ0) is 14.0. The summed E-state index contributed by atoms with van der Waals surface area (Å²) >= 11 is 5.90. The summed E-state index contributed by atoms with van der Waals surface area (Å²) in [4.78, 5) is 3.94. The zero-order valence-electron chi connectivity index (χ0n) is 10.1. The van der Waals surface area contributed by atoms with E-state index in [0.717, 1.165) is 5.56 Å². The fraction of sp³-hybridized carbons (Fsp3) is 0.0833. The first-order chi connectivity index (χ1) is 8.90.